The quantitative estimate of drug-likeness (QED) is 0.776. The third-order valence-electron chi connectivity index (χ3n) is 2.86. The van der Waals surface area contributed by atoms with Gasteiger partial charge < -0.3 is 15.4 Å². The van der Waals surface area contributed by atoms with Gasteiger partial charge in [-0.25, -0.2) is 4.98 Å². The molecule has 0 radical (unpaired) electrons. The smallest absolute Gasteiger partial charge is 0.109 e. The van der Waals surface area contributed by atoms with Gasteiger partial charge in [-0.3, -0.25) is 0 Å². The second-order valence-electron chi connectivity index (χ2n) is 4.25. The third-order valence-corrected chi connectivity index (χ3v) is 2.86. The molecule has 1 aromatic carbocycles. The Morgan fingerprint density at radius 2 is 2.24 bits per heavy atom. The van der Waals surface area contributed by atoms with Crippen LogP contribution in [0.3, 0.4) is 0 Å². The van der Waals surface area contributed by atoms with E-state index < -0.39 is 0 Å². The summed E-state index contributed by atoms with van der Waals surface area (Å²) in [5, 5.41) is 8.91. The third kappa shape index (κ3) is 2.42. The molecule has 0 aliphatic rings. The van der Waals surface area contributed by atoms with Gasteiger partial charge in [-0.05, 0) is 31.0 Å². The molecule has 2 aromatic rings. The zero-order valence-electron chi connectivity index (χ0n) is 10.2. The van der Waals surface area contributed by atoms with Gasteiger partial charge in [0.25, 0.3) is 0 Å². The highest BCUT2D eigenvalue weighted by Gasteiger charge is 2.09. The van der Waals surface area contributed by atoms with Crippen molar-refractivity contribution in [3.63, 3.8) is 0 Å². The van der Waals surface area contributed by atoms with Crippen molar-refractivity contribution in [2.45, 2.75) is 32.7 Å². The number of rotatable bonds is 5. The summed E-state index contributed by atoms with van der Waals surface area (Å²) in [7, 11) is 0. The Bertz CT molecular complexity index is 505. The van der Waals surface area contributed by atoms with E-state index in [2.05, 4.69) is 16.5 Å². The molecule has 0 amide bonds. The van der Waals surface area contributed by atoms with Crippen molar-refractivity contribution in [1.29, 1.82) is 0 Å². The van der Waals surface area contributed by atoms with Crippen LogP contribution >= 0.6 is 0 Å². The molecule has 0 saturated heterocycles. The second kappa shape index (κ2) is 5.19. The standard InChI is InChI=1S/C13H19N3O/c1-2-7-16-12-6-5-10(14)9-11(12)15-13(16)4-3-8-17/h5-6,9,17H,2-4,7-8,14H2,1H3. The maximum atomic E-state index is 8.91. The van der Waals surface area contributed by atoms with Crippen molar-refractivity contribution in [2.24, 2.45) is 0 Å². The summed E-state index contributed by atoms with van der Waals surface area (Å²) in [6.07, 6.45) is 2.63. The first-order chi connectivity index (χ1) is 8.26. The number of anilines is 1. The minimum atomic E-state index is 0.206. The molecule has 0 aliphatic carbocycles. The van der Waals surface area contributed by atoms with Crippen LogP contribution < -0.4 is 5.73 Å². The summed E-state index contributed by atoms with van der Waals surface area (Å²) in [5.74, 6) is 1.04. The van der Waals surface area contributed by atoms with Crippen molar-refractivity contribution < 1.29 is 5.11 Å². The molecule has 3 N–H and O–H groups in total. The van der Waals surface area contributed by atoms with Gasteiger partial charge in [0.1, 0.15) is 5.82 Å². The van der Waals surface area contributed by atoms with E-state index in [1.807, 2.05) is 18.2 Å². The average Bonchev–Trinajstić information content (AvgIpc) is 2.64. The van der Waals surface area contributed by atoms with Crippen molar-refractivity contribution in [1.82, 2.24) is 9.55 Å². The molecule has 0 spiro atoms. The first kappa shape index (κ1) is 11.9. The molecule has 17 heavy (non-hydrogen) atoms. The first-order valence-corrected chi connectivity index (χ1v) is 6.11. The molecule has 4 nitrogen and oxygen atoms in total. The van der Waals surface area contributed by atoms with Crippen LogP contribution in [0.1, 0.15) is 25.6 Å². The Morgan fingerprint density at radius 1 is 1.41 bits per heavy atom. The van der Waals surface area contributed by atoms with Crippen LogP contribution in [-0.2, 0) is 13.0 Å². The number of aromatic nitrogens is 2. The van der Waals surface area contributed by atoms with Gasteiger partial charge in [0.15, 0.2) is 0 Å². The first-order valence-electron chi connectivity index (χ1n) is 6.11. The fraction of sp³-hybridized carbons (Fsp3) is 0.462. The average molecular weight is 233 g/mol. The molecule has 0 unspecified atom stereocenters. The Morgan fingerprint density at radius 3 is 2.94 bits per heavy atom. The normalized spacial score (nSPS) is 11.2. The van der Waals surface area contributed by atoms with E-state index in [0.717, 1.165) is 48.4 Å². The highest BCUT2D eigenvalue weighted by molar-refractivity contribution is 5.79. The van der Waals surface area contributed by atoms with Crippen LogP contribution in [0, 0.1) is 0 Å². The van der Waals surface area contributed by atoms with E-state index in [4.69, 9.17) is 10.8 Å². The number of hydrogen-bond acceptors (Lipinski definition) is 3. The van der Waals surface area contributed by atoms with Crippen LogP contribution in [0.2, 0.25) is 0 Å². The van der Waals surface area contributed by atoms with Crippen LogP contribution in [0.25, 0.3) is 11.0 Å². The fourth-order valence-corrected chi connectivity index (χ4v) is 2.10. The number of nitrogens with zero attached hydrogens (tertiary/aromatic N) is 2. The van der Waals surface area contributed by atoms with Crippen molar-refractivity contribution in [3.05, 3.63) is 24.0 Å². The molecule has 0 aliphatic heterocycles. The number of aliphatic hydroxyl groups excluding tert-OH is 1. The number of imidazole rings is 1. The van der Waals surface area contributed by atoms with Crippen LogP contribution in [0.4, 0.5) is 5.69 Å². The Kier molecular flexibility index (Phi) is 3.64. The van der Waals surface area contributed by atoms with E-state index >= 15 is 0 Å². The maximum Gasteiger partial charge on any atom is 0.109 e. The topological polar surface area (TPSA) is 64.1 Å². The number of benzene rings is 1. The monoisotopic (exact) mass is 233 g/mol. The van der Waals surface area contributed by atoms with Crippen LogP contribution in [0.5, 0.6) is 0 Å². The van der Waals surface area contributed by atoms with Gasteiger partial charge in [0.05, 0.1) is 11.0 Å². The van der Waals surface area contributed by atoms with E-state index in [9.17, 15) is 0 Å². The molecule has 0 saturated carbocycles. The molecule has 2 rings (SSSR count). The van der Waals surface area contributed by atoms with E-state index in [1.54, 1.807) is 0 Å². The Balaban J connectivity index is 2.45. The minimum absolute atomic E-state index is 0.206. The van der Waals surface area contributed by atoms with Gasteiger partial charge in [-0.1, -0.05) is 6.92 Å². The summed E-state index contributed by atoms with van der Waals surface area (Å²) in [4.78, 5) is 4.60. The predicted molar refractivity (Wildman–Crippen MR) is 69.8 cm³/mol. The summed E-state index contributed by atoms with van der Waals surface area (Å²) >= 11 is 0. The van der Waals surface area contributed by atoms with Crippen molar-refractivity contribution >= 4 is 16.7 Å². The highest BCUT2D eigenvalue weighted by atomic mass is 16.2. The molecular formula is C13H19N3O. The van der Waals surface area contributed by atoms with E-state index in [1.165, 1.54) is 0 Å². The number of aryl methyl sites for hydroxylation is 2. The van der Waals surface area contributed by atoms with Crippen molar-refractivity contribution in [3.8, 4) is 0 Å². The zero-order valence-corrected chi connectivity index (χ0v) is 10.2. The van der Waals surface area contributed by atoms with Gasteiger partial charge in [-0.2, -0.15) is 0 Å². The van der Waals surface area contributed by atoms with Gasteiger partial charge in [0, 0.05) is 25.3 Å². The number of aliphatic hydroxyl groups is 1. The lowest BCUT2D eigenvalue weighted by Crippen LogP contribution is -2.04. The summed E-state index contributed by atoms with van der Waals surface area (Å²) in [6.45, 7) is 3.32. The number of nitrogens with two attached hydrogens (primary N) is 1. The fourth-order valence-electron chi connectivity index (χ4n) is 2.10. The van der Waals surface area contributed by atoms with E-state index in [-0.39, 0.29) is 6.61 Å². The lowest BCUT2D eigenvalue weighted by atomic mass is 10.2. The predicted octanol–water partition coefficient (Wildman–Crippen LogP) is 1.95. The molecular weight excluding hydrogens is 214 g/mol. The molecule has 1 heterocycles. The van der Waals surface area contributed by atoms with E-state index in [0.29, 0.717) is 0 Å². The van der Waals surface area contributed by atoms with Gasteiger partial charge in [-0.15, -0.1) is 0 Å². The number of hydrogen-bond donors (Lipinski definition) is 2. The summed E-state index contributed by atoms with van der Waals surface area (Å²) < 4.78 is 2.23. The van der Waals surface area contributed by atoms with Crippen LogP contribution in [-0.4, -0.2) is 21.3 Å². The lowest BCUT2D eigenvalue weighted by Gasteiger charge is -2.06. The molecule has 0 atom stereocenters. The SMILES string of the molecule is CCCn1c(CCCO)nc2cc(N)ccc21. The van der Waals surface area contributed by atoms with Crippen molar-refractivity contribution in [2.75, 3.05) is 12.3 Å². The minimum Gasteiger partial charge on any atom is -0.399 e. The van der Waals surface area contributed by atoms with Gasteiger partial charge >= 0.3 is 0 Å². The second-order valence-corrected chi connectivity index (χ2v) is 4.25. The summed E-state index contributed by atoms with van der Waals surface area (Å²) in [5.41, 5.74) is 8.59. The Hall–Kier alpha value is -1.55. The lowest BCUT2D eigenvalue weighted by molar-refractivity contribution is 0.287. The Labute approximate surface area is 101 Å². The molecule has 1 aromatic heterocycles. The van der Waals surface area contributed by atoms with Gasteiger partial charge in [0.2, 0.25) is 0 Å². The largest absolute Gasteiger partial charge is 0.399 e. The molecule has 4 heteroatoms. The molecule has 92 valence electrons. The number of nitrogen functional groups attached to an aromatic ring is 1. The van der Waals surface area contributed by atoms with Crippen LogP contribution in [0.15, 0.2) is 18.2 Å². The molecule has 0 fully saturated rings. The highest BCUT2D eigenvalue weighted by Crippen LogP contribution is 2.20. The molecule has 0 bridgehead atoms. The maximum absolute atomic E-state index is 8.91. The summed E-state index contributed by atoms with van der Waals surface area (Å²) in [6, 6.07) is 5.84. The zero-order chi connectivity index (χ0) is 12.3. The number of fused-ring (bicyclic) bond motifs is 1.